The van der Waals surface area contributed by atoms with Gasteiger partial charge < -0.3 is 10.1 Å². The Morgan fingerprint density at radius 2 is 1.88 bits per heavy atom. The molecule has 11 nitrogen and oxygen atoms in total. The number of hydrogen-bond donors (Lipinski definition) is 2. The Kier molecular flexibility index (Phi) is 6.77. The monoisotopic (exact) mass is 494 g/mol. The summed E-state index contributed by atoms with van der Waals surface area (Å²) in [6.45, 7) is 0.460. The highest BCUT2D eigenvalue weighted by atomic mass is 35.5. The summed E-state index contributed by atoms with van der Waals surface area (Å²) in [6.07, 6.45) is 5.63. The minimum Gasteiger partial charge on any atom is -0.474 e. The summed E-state index contributed by atoms with van der Waals surface area (Å²) >= 11 is 5.83. The van der Waals surface area contributed by atoms with Gasteiger partial charge in [-0.3, -0.25) is 10.1 Å². The van der Waals surface area contributed by atoms with Crippen LogP contribution in [0.25, 0.3) is 0 Å². The van der Waals surface area contributed by atoms with Crippen molar-refractivity contribution in [3.63, 3.8) is 0 Å². The van der Waals surface area contributed by atoms with Crippen LogP contribution in [0.5, 0.6) is 5.88 Å². The SMILES string of the molecule is O=C1NC(=O)C(CCc2ncccn2)(CS(=O)(=O)N2CCC(Oc3ccc(Cl)cn3)CC2)N1. The lowest BCUT2D eigenvalue weighted by atomic mass is 9.95. The van der Waals surface area contributed by atoms with Crippen LogP contribution in [-0.4, -0.2) is 70.1 Å². The van der Waals surface area contributed by atoms with Crippen molar-refractivity contribution in [3.8, 4) is 5.88 Å². The van der Waals surface area contributed by atoms with Crippen LogP contribution >= 0.6 is 11.6 Å². The first kappa shape index (κ1) is 23.3. The Balaban J connectivity index is 1.40. The maximum absolute atomic E-state index is 13.2. The number of carbonyl (C=O) groups is 2. The van der Waals surface area contributed by atoms with Gasteiger partial charge in [0.15, 0.2) is 0 Å². The highest BCUT2D eigenvalue weighted by molar-refractivity contribution is 7.89. The maximum atomic E-state index is 13.2. The predicted molar refractivity (Wildman–Crippen MR) is 118 cm³/mol. The number of nitrogens with one attached hydrogen (secondary N) is 2. The summed E-state index contributed by atoms with van der Waals surface area (Å²) < 4.78 is 33.6. The smallest absolute Gasteiger partial charge is 0.322 e. The summed E-state index contributed by atoms with van der Waals surface area (Å²) in [5.74, 6) is -0.335. The Hall–Kier alpha value is -2.83. The molecular formula is C20H23ClN6O5S. The van der Waals surface area contributed by atoms with E-state index in [2.05, 4.69) is 25.6 Å². The van der Waals surface area contributed by atoms with Crippen LogP contribution in [0, 0.1) is 0 Å². The van der Waals surface area contributed by atoms with Gasteiger partial charge in [0.1, 0.15) is 17.5 Å². The van der Waals surface area contributed by atoms with E-state index in [9.17, 15) is 18.0 Å². The van der Waals surface area contributed by atoms with Gasteiger partial charge >= 0.3 is 6.03 Å². The molecule has 0 aromatic carbocycles. The number of carbonyl (C=O) groups excluding carboxylic acids is 2. The molecule has 176 valence electrons. The van der Waals surface area contributed by atoms with Crippen molar-refractivity contribution in [1.29, 1.82) is 0 Å². The average Bonchev–Trinajstić information content (AvgIpc) is 3.07. The molecule has 1 atom stereocenters. The van der Waals surface area contributed by atoms with Gasteiger partial charge in [0, 0.05) is 44.2 Å². The largest absolute Gasteiger partial charge is 0.474 e. The summed E-state index contributed by atoms with van der Waals surface area (Å²) in [5.41, 5.74) is -1.59. The van der Waals surface area contributed by atoms with Gasteiger partial charge in [-0.05, 0) is 31.4 Å². The zero-order chi connectivity index (χ0) is 23.5. The quantitative estimate of drug-likeness (QED) is 0.515. The molecule has 0 saturated carbocycles. The zero-order valence-electron chi connectivity index (χ0n) is 17.6. The molecule has 2 aliphatic rings. The van der Waals surface area contributed by atoms with E-state index in [0.29, 0.717) is 29.6 Å². The van der Waals surface area contributed by atoms with Crippen LogP contribution in [0.4, 0.5) is 4.79 Å². The lowest BCUT2D eigenvalue weighted by molar-refractivity contribution is -0.123. The first-order valence-electron chi connectivity index (χ1n) is 10.4. The summed E-state index contributed by atoms with van der Waals surface area (Å²) in [7, 11) is -3.86. The van der Waals surface area contributed by atoms with Crippen LogP contribution in [0.1, 0.15) is 25.1 Å². The molecule has 2 fully saturated rings. The van der Waals surface area contributed by atoms with E-state index in [4.69, 9.17) is 16.3 Å². The molecule has 4 heterocycles. The lowest BCUT2D eigenvalue weighted by Crippen LogP contribution is -2.56. The molecule has 0 bridgehead atoms. The molecule has 0 aliphatic carbocycles. The molecule has 2 saturated heterocycles. The van der Waals surface area contributed by atoms with Crippen LogP contribution < -0.4 is 15.4 Å². The third-order valence-electron chi connectivity index (χ3n) is 5.62. The van der Waals surface area contributed by atoms with E-state index in [1.807, 2.05) is 0 Å². The highest BCUT2D eigenvalue weighted by Gasteiger charge is 2.50. The molecule has 2 N–H and O–H groups in total. The summed E-state index contributed by atoms with van der Waals surface area (Å²) in [5, 5.41) is 5.18. The number of hydrogen-bond acceptors (Lipinski definition) is 8. The number of amides is 3. The second kappa shape index (κ2) is 9.57. The van der Waals surface area contributed by atoms with E-state index < -0.39 is 33.3 Å². The lowest BCUT2D eigenvalue weighted by Gasteiger charge is -2.34. The Bertz CT molecular complexity index is 1110. The number of urea groups is 1. The minimum atomic E-state index is -3.86. The van der Waals surface area contributed by atoms with Crippen molar-refractivity contribution in [3.05, 3.63) is 47.6 Å². The molecule has 1 unspecified atom stereocenters. The van der Waals surface area contributed by atoms with Gasteiger partial charge in [-0.1, -0.05) is 11.6 Å². The van der Waals surface area contributed by atoms with Gasteiger partial charge in [0.2, 0.25) is 15.9 Å². The molecule has 2 aromatic heterocycles. The molecule has 33 heavy (non-hydrogen) atoms. The second-order valence-corrected chi connectivity index (χ2v) is 10.3. The van der Waals surface area contributed by atoms with Crippen molar-refractivity contribution in [2.45, 2.75) is 37.3 Å². The normalized spacial score (nSPS) is 22.1. The number of sulfonamides is 1. The van der Waals surface area contributed by atoms with E-state index in [0.717, 1.165) is 0 Å². The number of aryl methyl sites for hydroxylation is 1. The molecule has 0 spiro atoms. The topological polar surface area (TPSA) is 143 Å². The fraction of sp³-hybridized carbons (Fsp3) is 0.450. The molecule has 2 aliphatic heterocycles. The number of halogens is 1. The van der Waals surface area contributed by atoms with Crippen LogP contribution in [0.2, 0.25) is 5.02 Å². The third-order valence-corrected chi connectivity index (χ3v) is 7.85. The highest BCUT2D eigenvalue weighted by Crippen LogP contribution is 2.25. The van der Waals surface area contributed by atoms with Crippen molar-refractivity contribution >= 4 is 33.6 Å². The summed E-state index contributed by atoms with van der Waals surface area (Å²) in [4.78, 5) is 36.8. The standard InChI is InChI=1S/C20H23ClN6O5S/c21-14-2-3-17(24-12-14)32-15-5-10-27(11-6-15)33(30,31)13-20(18(28)25-19(29)26-20)7-4-16-22-8-1-9-23-16/h1-3,8-9,12,15H,4-7,10-11,13H2,(H2,25,26,28,29). The molecule has 4 rings (SSSR count). The summed E-state index contributed by atoms with van der Waals surface area (Å²) in [6, 6.07) is 4.27. The number of aromatic nitrogens is 3. The maximum Gasteiger partial charge on any atom is 0.322 e. The van der Waals surface area contributed by atoms with Gasteiger partial charge in [-0.15, -0.1) is 0 Å². The third kappa shape index (κ3) is 5.57. The molecule has 2 aromatic rings. The van der Waals surface area contributed by atoms with Crippen molar-refractivity contribution in [2.75, 3.05) is 18.8 Å². The van der Waals surface area contributed by atoms with Crippen molar-refractivity contribution in [2.24, 2.45) is 0 Å². The second-order valence-electron chi connectivity index (χ2n) is 7.94. The molecule has 13 heteroatoms. The van der Waals surface area contributed by atoms with Crippen molar-refractivity contribution < 1.29 is 22.7 Å². The Morgan fingerprint density at radius 3 is 2.48 bits per heavy atom. The van der Waals surface area contributed by atoms with E-state index in [1.165, 1.54) is 10.5 Å². The molecular weight excluding hydrogens is 472 g/mol. The van der Waals surface area contributed by atoms with Gasteiger partial charge in [0.25, 0.3) is 5.91 Å². The first-order chi connectivity index (χ1) is 15.8. The first-order valence-corrected chi connectivity index (χ1v) is 12.4. The predicted octanol–water partition coefficient (Wildman–Crippen LogP) is 0.909. The van der Waals surface area contributed by atoms with Crippen LogP contribution in [0.15, 0.2) is 36.8 Å². The van der Waals surface area contributed by atoms with Gasteiger partial charge in [-0.2, -0.15) is 0 Å². The minimum absolute atomic E-state index is 0.0512. The Labute approximate surface area is 196 Å². The van der Waals surface area contributed by atoms with Gasteiger partial charge in [-0.25, -0.2) is 32.5 Å². The number of imide groups is 1. The van der Waals surface area contributed by atoms with Crippen molar-refractivity contribution in [1.82, 2.24) is 29.9 Å². The number of rotatable bonds is 8. The average molecular weight is 495 g/mol. The molecule has 0 radical (unpaired) electrons. The van der Waals surface area contributed by atoms with E-state index in [1.54, 1.807) is 30.6 Å². The van der Waals surface area contributed by atoms with Crippen LogP contribution in [-0.2, 0) is 21.2 Å². The molecule has 3 amide bonds. The fourth-order valence-corrected chi connectivity index (χ4v) is 5.93. The van der Waals surface area contributed by atoms with Gasteiger partial charge in [0.05, 0.1) is 10.8 Å². The number of nitrogens with zero attached hydrogens (tertiary/aromatic N) is 4. The van der Waals surface area contributed by atoms with E-state index in [-0.39, 0.29) is 32.0 Å². The zero-order valence-corrected chi connectivity index (χ0v) is 19.2. The van der Waals surface area contributed by atoms with E-state index >= 15 is 0 Å². The number of ether oxygens (including phenoxy) is 1. The Morgan fingerprint density at radius 1 is 1.15 bits per heavy atom. The fourth-order valence-electron chi connectivity index (χ4n) is 3.90. The number of piperidine rings is 1. The van der Waals surface area contributed by atoms with Crippen LogP contribution in [0.3, 0.4) is 0 Å². The number of pyridine rings is 1.